The molecule has 2 aromatic rings. The molecule has 0 radical (unpaired) electrons. The van der Waals surface area contributed by atoms with Gasteiger partial charge >= 0.3 is 0 Å². The molecular formula is C17H25NO. The lowest BCUT2D eigenvalue weighted by molar-refractivity contribution is 0.423. The minimum atomic E-state index is 0.116. The first kappa shape index (κ1) is 14.1. The fraction of sp³-hybridized carbons (Fsp3) is 0.529. The molecule has 1 aromatic carbocycles. The minimum absolute atomic E-state index is 0.116. The highest BCUT2D eigenvalue weighted by Gasteiger charge is 2.16. The fourth-order valence-electron chi connectivity index (χ4n) is 2.05. The van der Waals surface area contributed by atoms with Crippen LogP contribution in [0.3, 0.4) is 0 Å². The van der Waals surface area contributed by atoms with Gasteiger partial charge in [-0.3, -0.25) is 0 Å². The highest BCUT2D eigenvalue weighted by molar-refractivity contribution is 5.82. The van der Waals surface area contributed by atoms with Crippen LogP contribution in [0.4, 0.5) is 0 Å². The average molecular weight is 259 g/mol. The van der Waals surface area contributed by atoms with Crippen molar-refractivity contribution in [3.8, 4) is 0 Å². The Kier molecular flexibility index (Phi) is 3.48. The summed E-state index contributed by atoms with van der Waals surface area (Å²) in [7, 11) is 0. The predicted octanol–water partition coefficient (Wildman–Crippen LogP) is 4.62. The molecule has 1 heterocycles. The quantitative estimate of drug-likeness (QED) is 0.851. The molecule has 0 saturated heterocycles. The molecule has 1 aromatic heterocycles. The van der Waals surface area contributed by atoms with E-state index >= 15 is 0 Å². The number of furan rings is 1. The van der Waals surface area contributed by atoms with Gasteiger partial charge in [-0.1, -0.05) is 26.8 Å². The standard InChI is InChI=1S/C17H25NO/c1-16(2,3)13-7-8-15-14(9-13)12(11-19-15)10-18-17(4,5)6/h7-9,11,18H,10H2,1-6H3. The van der Waals surface area contributed by atoms with Gasteiger partial charge in [0, 0.05) is 23.0 Å². The van der Waals surface area contributed by atoms with E-state index in [2.05, 4.69) is 65.1 Å². The molecule has 0 amide bonds. The van der Waals surface area contributed by atoms with Crippen LogP contribution in [0.25, 0.3) is 11.0 Å². The lowest BCUT2D eigenvalue weighted by atomic mass is 9.86. The van der Waals surface area contributed by atoms with E-state index in [0.29, 0.717) is 0 Å². The summed E-state index contributed by atoms with van der Waals surface area (Å²) >= 11 is 0. The smallest absolute Gasteiger partial charge is 0.134 e. The summed E-state index contributed by atoms with van der Waals surface area (Å²) in [5.74, 6) is 0. The molecule has 2 rings (SSSR count). The number of fused-ring (bicyclic) bond motifs is 1. The molecule has 2 nitrogen and oxygen atoms in total. The van der Waals surface area contributed by atoms with E-state index in [1.165, 1.54) is 16.5 Å². The van der Waals surface area contributed by atoms with Gasteiger partial charge in [0.2, 0.25) is 0 Å². The summed E-state index contributed by atoms with van der Waals surface area (Å²) in [5, 5.41) is 4.74. The number of hydrogen-bond donors (Lipinski definition) is 1. The Balaban J connectivity index is 2.35. The normalized spacial score (nSPS) is 13.2. The number of rotatable bonds is 2. The van der Waals surface area contributed by atoms with Gasteiger partial charge < -0.3 is 9.73 Å². The molecule has 0 unspecified atom stereocenters. The zero-order valence-electron chi connectivity index (χ0n) is 12.9. The summed E-state index contributed by atoms with van der Waals surface area (Å²) in [6.45, 7) is 14.1. The monoisotopic (exact) mass is 259 g/mol. The van der Waals surface area contributed by atoms with Crippen molar-refractivity contribution in [1.82, 2.24) is 5.32 Å². The van der Waals surface area contributed by atoms with Crippen LogP contribution in [-0.4, -0.2) is 5.54 Å². The van der Waals surface area contributed by atoms with Crippen LogP contribution in [0.15, 0.2) is 28.9 Å². The Morgan fingerprint density at radius 1 is 1.05 bits per heavy atom. The molecule has 0 spiro atoms. The highest BCUT2D eigenvalue weighted by Crippen LogP contribution is 2.29. The maximum Gasteiger partial charge on any atom is 0.134 e. The van der Waals surface area contributed by atoms with Crippen LogP contribution >= 0.6 is 0 Å². The molecule has 0 aliphatic rings. The van der Waals surface area contributed by atoms with E-state index in [9.17, 15) is 0 Å². The number of hydrogen-bond acceptors (Lipinski definition) is 2. The highest BCUT2D eigenvalue weighted by atomic mass is 16.3. The molecule has 2 heteroatoms. The summed E-state index contributed by atoms with van der Waals surface area (Å²) in [6, 6.07) is 6.50. The maximum absolute atomic E-state index is 5.64. The van der Waals surface area contributed by atoms with Crippen LogP contribution in [-0.2, 0) is 12.0 Å². The van der Waals surface area contributed by atoms with Crippen molar-refractivity contribution < 1.29 is 4.42 Å². The van der Waals surface area contributed by atoms with E-state index in [0.717, 1.165) is 12.1 Å². The Bertz CT molecular complexity index is 567. The van der Waals surface area contributed by atoms with E-state index in [-0.39, 0.29) is 11.0 Å². The lowest BCUT2D eigenvalue weighted by Gasteiger charge is -2.21. The number of nitrogens with one attached hydrogen (secondary N) is 1. The Morgan fingerprint density at radius 2 is 1.74 bits per heavy atom. The van der Waals surface area contributed by atoms with Crippen molar-refractivity contribution in [2.45, 2.75) is 59.0 Å². The largest absolute Gasteiger partial charge is 0.464 e. The van der Waals surface area contributed by atoms with Crippen molar-refractivity contribution in [3.63, 3.8) is 0 Å². The molecule has 0 fully saturated rings. The molecule has 0 bridgehead atoms. The van der Waals surface area contributed by atoms with Gasteiger partial charge in [0.1, 0.15) is 5.58 Å². The van der Waals surface area contributed by atoms with Crippen LogP contribution in [0.1, 0.15) is 52.7 Å². The van der Waals surface area contributed by atoms with E-state index in [1.807, 2.05) is 6.26 Å². The Labute approximate surface area is 116 Å². The van der Waals surface area contributed by atoms with Gasteiger partial charge in [0.25, 0.3) is 0 Å². The molecule has 0 atom stereocenters. The first-order chi connectivity index (χ1) is 8.67. The number of benzene rings is 1. The predicted molar refractivity (Wildman–Crippen MR) is 81.5 cm³/mol. The second kappa shape index (κ2) is 4.68. The molecule has 1 N–H and O–H groups in total. The fourth-order valence-corrected chi connectivity index (χ4v) is 2.05. The van der Waals surface area contributed by atoms with E-state index < -0.39 is 0 Å². The zero-order valence-corrected chi connectivity index (χ0v) is 12.9. The first-order valence-electron chi connectivity index (χ1n) is 6.92. The minimum Gasteiger partial charge on any atom is -0.464 e. The van der Waals surface area contributed by atoms with Crippen LogP contribution in [0, 0.1) is 0 Å². The van der Waals surface area contributed by atoms with Gasteiger partial charge in [-0.15, -0.1) is 0 Å². The summed E-state index contributed by atoms with van der Waals surface area (Å²) in [4.78, 5) is 0. The average Bonchev–Trinajstić information content (AvgIpc) is 2.66. The van der Waals surface area contributed by atoms with Crippen molar-refractivity contribution in [1.29, 1.82) is 0 Å². The van der Waals surface area contributed by atoms with Gasteiger partial charge in [-0.05, 0) is 43.9 Å². The van der Waals surface area contributed by atoms with Crippen LogP contribution in [0.2, 0.25) is 0 Å². The maximum atomic E-state index is 5.64. The van der Waals surface area contributed by atoms with Gasteiger partial charge in [0.15, 0.2) is 0 Å². The molecule has 104 valence electrons. The van der Waals surface area contributed by atoms with E-state index in [4.69, 9.17) is 4.42 Å². The van der Waals surface area contributed by atoms with Crippen LogP contribution in [0.5, 0.6) is 0 Å². The van der Waals surface area contributed by atoms with Gasteiger partial charge in [0.05, 0.1) is 6.26 Å². The second-order valence-electron chi connectivity index (χ2n) is 7.33. The van der Waals surface area contributed by atoms with Crippen molar-refractivity contribution in [3.05, 3.63) is 35.6 Å². The third-order valence-electron chi connectivity index (χ3n) is 3.33. The third kappa shape index (κ3) is 3.38. The molecule has 0 aliphatic heterocycles. The summed E-state index contributed by atoms with van der Waals surface area (Å²) < 4.78 is 5.64. The Morgan fingerprint density at radius 3 is 2.32 bits per heavy atom. The van der Waals surface area contributed by atoms with Crippen molar-refractivity contribution in [2.75, 3.05) is 0 Å². The summed E-state index contributed by atoms with van der Waals surface area (Å²) in [6.07, 6.45) is 1.87. The molecular weight excluding hydrogens is 234 g/mol. The zero-order chi connectivity index (χ0) is 14.3. The molecule has 0 aliphatic carbocycles. The van der Waals surface area contributed by atoms with E-state index in [1.54, 1.807) is 0 Å². The Hall–Kier alpha value is -1.28. The second-order valence-corrected chi connectivity index (χ2v) is 7.33. The van der Waals surface area contributed by atoms with Crippen molar-refractivity contribution >= 4 is 11.0 Å². The van der Waals surface area contributed by atoms with Crippen LogP contribution < -0.4 is 5.32 Å². The molecule has 19 heavy (non-hydrogen) atoms. The third-order valence-corrected chi connectivity index (χ3v) is 3.33. The SMILES string of the molecule is CC(C)(C)NCc1coc2ccc(C(C)(C)C)cc12. The molecule has 0 saturated carbocycles. The first-order valence-corrected chi connectivity index (χ1v) is 6.92. The van der Waals surface area contributed by atoms with Gasteiger partial charge in [-0.2, -0.15) is 0 Å². The van der Waals surface area contributed by atoms with Crippen molar-refractivity contribution in [2.24, 2.45) is 0 Å². The van der Waals surface area contributed by atoms with Gasteiger partial charge in [-0.25, -0.2) is 0 Å². The lowest BCUT2D eigenvalue weighted by Crippen LogP contribution is -2.34. The topological polar surface area (TPSA) is 25.2 Å². The summed E-state index contributed by atoms with van der Waals surface area (Å²) in [5.41, 5.74) is 3.83.